The zero-order chi connectivity index (χ0) is 12.8. The lowest BCUT2D eigenvalue weighted by Gasteiger charge is -2.07. The van der Waals surface area contributed by atoms with Crippen LogP contribution in [0.15, 0.2) is 41.0 Å². The van der Waals surface area contributed by atoms with Crippen LogP contribution in [0.5, 0.6) is 0 Å². The lowest BCUT2D eigenvalue weighted by Crippen LogP contribution is -2.05. The second-order valence-electron chi connectivity index (χ2n) is 3.82. The van der Waals surface area contributed by atoms with E-state index in [1.54, 1.807) is 6.20 Å². The van der Waals surface area contributed by atoms with Gasteiger partial charge in [-0.2, -0.15) is 4.98 Å². The van der Waals surface area contributed by atoms with Crippen LogP contribution < -0.4 is 10.6 Å². The van der Waals surface area contributed by atoms with Gasteiger partial charge < -0.3 is 10.6 Å². The fraction of sp³-hybridized carbons (Fsp3) is 0.231. The maximum absolute atomic E-state index is 4.38. The summed E-state index contributed by atoms with van der Waals surface area (Å²) in [5.74, 6) is 1.44. The smallest absolute Gasteiger partial charge is 0.224 e. The predicted octanol–water partition coefficient (Wildman–Crippen LogP) is 3.80. The van der Waals surface area contributed by atoms with Crippen LogP contribution in [0.4, 0.5) is 17.5 Å². The van der Waals surface area contributed by atoms with Gasteiger partial charge in [-0.1, -0.05) is 22.9 Å². The van der Waals surface area contributed by atoms with Crippen LogP contribution >= 0.6 is 15.9 Å². The van der Waals surface area contributed by atoms with Gasteiger partial charge in [0.15, 0.2) is 0 Å². The van der Waals surface area contributed by atoms with Crippen molar-refractivity contribution in [1.29, 1.82) is 0 Å². The van der Waals surface area contributed by atoms with Crippen molar-refractivity contribution in [1.82, 2.24) is 9.97 Å². The summed E-state index contributed by atoms with van der Waals surface area (Å²) in [6.45, 7) is 2.98. The zero-order valence-electron chi connectivity index (χ0n) is 10.2. The molecule has 0 bridgehead atoms. The minimum absolute atomic E-state index is 0.652. The number of aromatic nitrogens is 2. The molecule has 0 unspecified atom stereocenters. The molecule has 4 nitrogen and oxygen atoms in total. The van der Waals surface area contributed by atoms with E-state index >= 15 is 0 Å². The average Bonchev–Trinajstić information content (AvgIpc) is 2.40. The number of nitrogens with zero attached hydrogens (tertiary/aromatic N) is 2. The van der Waals surface area contributed by atoms with E-state index in [9.17, 15) is 0 Å². The Morgan fingerprint density at radius 1 is 1.17 bits per heavy atom. The summed E-state index contributed by atoms with van der Waals surface area (Å²) < 4.78 is 1.06. The summed E-state index contributed by atoms with van der Waals surface area (Å²) in [7, 11) is 0. The summed E-state index contributed by atoms with van der Waals surface area (Å²) in [5.41, 5.74) is 0.998. The molecule has 0 aliphatic rings. The number of benzene rings is 1. The topological polar surface area (TPSA) is 49.8 Å². The zero-order valence-corrected chi connectivity index (χ0v) is 11.7. The molecule has 2 N–H and O–H groups in total. The molecular formula is C13H15BrN4. The Hall–Kier alpha value is -1.62. The summed E-state index contributed by atoms with van der Waals surface area (Å²) in [5, 5.41) is 6.40. The first kappa shape index (κ1) is 12.8. The highest BCUT2D eigenvalue weighted by atomic mass is 79.9. The molecule has 0 fully saturated rings. The summed E-state index contributed by atoms with van der Waals surface area (Å²) in [6, 6.07) is 9.80. The van der Waals surface area contributed by atoms with E-state index in [4.69, 9.17) is 0 Å². The van der Waals surface area contributed by atoms with Gasteiger partial charge >= 0.3 is 0 Å². The van der Waals surface area contributed by atoms with E-state index in [-0.39, 0.29) is 0 Å². The monoisotopic (exact) mass is 306 g/mol. The van der Waals surface area contributed by atoms with E-state index in [0.29, 0.717) is 5.95 Å². The summed E-state index contributed by atoms with van der Waals surface area (Å²) in [4.78, 5) is 8.55. The molecule has 0 aliphatic heterocycles. The third-order valence-electron chi connectivity index (χ3n) is 2.31. The van der Waals surface area contributed by atoms with Crippen molar-refractivity contribution in [2.75, 3.05) is 17.2 Å². The fourth-order valence-corrected chi connectivity index (χ4v) is 1.70. The lowest BCUT2D eigenvalue weighted by molar-refractivity contribution is 0.953. The second kappa shape index (κ2) is 6.35. The quantitative estimate of drug-likeness (QED) is 0.882. The Bertz CT molecular complexity index is 499. The van der Waals surface area contributed by atoms with Crippen molar-refractivity contribution in [2.24, 2.45) is 0 Å². The van der Waals surface area contributed by atoms with Gasteiger partial charge in [0.1, 0.15) is 5.82 Å². The normalized spacial score (nSPS) is 10.1. The van der Waals surface area contributed by atoms with Crippen molar-refractivity contribution in [3.8, 4) is 0 Å². The van der Waals surface area contributed by atoms with Crippen LogP contribution in [0.25, 0.3) is 0 Å². The number of nitrogens with one attached hydrogen (secondary N) is 2. The first-order valence-electron chi connectivity index (χ1n) is 5.87. The molecule has 2 aromatic rings. The van der Waals surface area contributed by atoms with E-state index in [1.807, 2.05) is 30.3 Å². The first-order valence-corrected chi connectivity index (χ1v) is 6.67. The molecule has 0 saturated carbocycles. The molecule has 1 aromatic heterocycles. The van der Waals surface area contributed by atoms with E-state index < -0.39 is 0 Å². The Balaban J connectivity index is 2.06. The van der Waals surface area contributed by atoms with Crippen molar-refractivity contribution in [3.05, 3.63) is 41.0 Å². The minimum atomic E-state index is 0.652. The van der Waals surface area contributed by atoms with Gasteiger partial charge in [-0.25, -0.2) is 4.98 Å². The van der Waals surface area contributed by atoms with Crippen LogP contribution in [0.1, 0.15) is 13.3 Å². The predicted molar refractivity (Wildman–Crippen MR) is 78.2 cm³/mol. The van der Waals surface area contributed by atoms with Gasteiger partial charge in [0.25, 0.3) is 0 Å². The van der Waals surface area contributed by atoms with Crippen molar-refractivity contribution >= 4 is 33.4 Å². The number of halogens is 1. The average molecular weight is 307 g/mol. The van der Waals surface area contributed by atoms with Crippen LogP contribution in [0, 0.1) is 0 Å². The molecule has 18 heavy (non-hydrogen) atoms. The number of rotatable bonds is 5. The molecule has 0 aliphatic carbocycles. The van der Waals surface area contributed by atoms with Gasteiger partial charge in [-0.3, -0.25) is 0 Å². The van der Waals surface area contributed by atoms with Gasteiger partial charge in [0.2, 0.25) is 5.95 Å². The van der Waals surface area contributed by atoms with E-state index in [0.717, 1.165) is 28.9 Å². The molecule has 5 heteroatoms. The van der Waals surface area contributed by atoms with Crippen molar-refractivity contribution < 1.29 is 0 Å². The molecule has 94 valence electrons. The molecule has 2 rings (SSSR count). The molecule has 0 saturated heterocycles. The number of anilines is 3. The Kier molecular flexibility index (Phi) is 4.52. The number of hydrogen-bond donors (Lipinski definition) is 2. The van der Waals surface area contributed by atoms with Gasteiger partial charge in [-0.05, 0) is 36.8 Å². The molecule has 0 radical (unpaired) electrons. The maximum atomic E-state index is 4.38. The highest BCUT2D eigenvalue weighted by Gasteiger charge is 1.99. The summed E-state index contributed by atoms with van der Waals surface area (Å²) in [6.07, 6.45) is 2.79. The number of hydrogen-bond acceptors (Lipinski definition) is 4. The maximum Gasteiger partial charge on any atom is 0.224 e. The van der Waals surface area contributed by atoms with Gasteiger partial charge in [-0.15, -0.1) is 0 Å². The molecule has 0 atom stereocenters. The molecule has 1 aromatic carbocycles. The fourth-order valence-electron chi connectivity index (χ4n) is 1.43. The van der Waals surface area contributed by atoms with Crippen LogP contribution in [0.2, 0.25) is 0 Å². The Morgan fingerprint density at radius 3 is 2.67 bits per heavy atom. The van der Waals surface area contributed by atoms with Gasteiger partial charge in [0.05, 0.1) is 0 Å². The van der Waals surface area contributed by atoms with Gasteiger partial charge in [0, 0.05) is 22.9 Å². The minimum Gasteiger partial charge on any atom is -0.354 e. The standard InChI is InChI=1S/C13H15BrN4/c1-2-8-15-13-16-9-7-12(18-13)17-11-5-3-10(14)4-6-11/h3-7,9H,2,8H2,1H3,(H2,15,16,17,18). The largest absolute Gasteiger partial charge is 0.354 e. The van der Waals surface area contributed by atoms with E-state index in [2.05, 4.69) is 43.5 Å². The van der Waals surface area contributed by atoms with Crippen LogP contribution in [-0.2, 0) is 0 Å². The SMILES string of the molecule is CCCNc1nccc(Nc2ccc(Br)cc2)n1. The Morgan fingerprint density at radius 2 is 1.94 bits per heavy atom. The highest BCUT2D eigenvalue weighted by molar-refractivity contribution is 9.10. The third kappa shape index (κ3) is 3.70. The lowest BCUT2D eigenvalue weighted by atomic mass is 10.3. The van der Waals surface area contributed by atoms with Crippen LogP contribution in [0.3, 0.4) is 0 Å². The highest BCUT2D eigenvalue weighted by Crippen LogP contribution is 2.18. The summed E-state index contributed by atoms with van der Waals surface area (Å²) >= 11 is 3.41. The Labute approximate surface area is 115 Å². The molecule has 0 spiro atoms. The van der Waals surface area contributed by atoms with Crippen LogP contribution in [-0.4, -0.2) is 16.5 Å². The third-order valence-corrected chi connectivity index (χ3v) is 2.83. The molecule has 0 amide bonds. The molecular weight excluding hydrogens is 292 g/mol. The van der Waals surface area contributed by atoms with E-state index in [1.165, 1.54) is 0 Å². The second-order valence-corrected chi connectivity index (χ2v) is 4.74. The molecule has 1 heterocycles. The first-order chi connectivity index (χ1) is 8.78. The van der Waals surface area contributed by atoms with Crippen molar-refractivity contribution in [2.45, 2.75) is 13.3 Å². The van der Waals surface area contributed by atoms with Crippen molar-refractivity contribution in [3.63, 3.8) is 0 Å².